The lowest BCUT2D eigenvalue weighted by Gasteiger charge is -2.13. The molecule has 1 aliphatic rings. The average Bonchev–Trinajstić information content (AvgIpc) is 2.89. The van der Waals surface area contributed by atoms with Crippen molar-refractivity contribution < 1.29 is 9.90 Å². The van der Waals surface area contributed by atoms with Crippen LogP contribution < -0.4 is 0 Å². The molecular formula is C13H22O2. The van der Waals surface area contributed by atoms with Crippen molar-refractivity contribution in [2.24, 2.45) is 11.3 Å². The highest BCUT2D eigenvalue weighted by Crippen LogP contribution is 2.58. The van der Waals surface area contributed by atoms with E-state index < -0.39 is 5.97 Å². The molecule has 1 aliphatic carbocycles. The summed E-state index contributed by atoms with van der Waals surface area (Å²) < 4.78 is 0. The smallest absolute Gasteiger partial charge is 0.307 e. The van der Waals surface area contributed by atoms with E-state index in [1.165, 1.54) is 25.7 Å². The molecule has 2 atom stereocenters. The maximum atomic E-state index is 10.9. The number of aliphatic carboxylic acids is 1. The summed E-state index contributed by atoms with van der Waals surface area (Å²) in [5.41, 5.74) is 0.0708. The van der Waals surface area contributed by atoms with Crippen molar-refractivity contribution in [3.8, 4) is 0 Å². The van der Waals surface area contributed by atoms with Gasteiger partial charge in [-0.1, -0.05) is 38.7 Å². The first-order valence-corrected chi connectivity index (χ1v) is 6.00. The van der Waals surface area contributed by atoms with Gasteiger partial charge in [0.05, 0.1) is 5.92 Å². The van der Waals surface area contributed by atoms with Gasteiger partial charge in [0.15, 0.2) is 0 Å². The molecule has 0 aromatic rings. The summed E-state index contributed by atoms with van der Waals surface area (Å²) >= 11 is 0. The molecule has 2 heteroatoms. The van der Waals surface area contributed by atoms with Crippen LogP contribution in [-0.4, -0.2) is 11.1 Å². The highest BCUT2D eigenvalue weighted by Gasteiger charge is 2.56. The van der Waals surface area contributed by atoms with Crippen LogP contribution in [0.25, 0.3) is 0 Å². The van der Waals surface area contributed by atoms with Crippen LogP contribution in [0.15, 0.2) is 12.7 Å². The number of carbonyl (C=O) groups is 1. The second-order valence-electron chi connectivity index (χ2n) is 4.76. The lowest BCUT2D eigenvalue weighted by molar-refractivity contribution is -0.139. The summed E-state index contributed by atoms with van der Waals surface area (Å²) in [4.78, 5) is 10.9. The van der Waals surface area contributed by atoms with E-state index in [9.17, 15) is 4.79 Å². The summed E-state index contributed by atoms with van der Waals surface area (Å²) in [6, 6.07) is 0. The predicted octanol–water partition coefficient (Wildman–Crippen LogP) is 3.62. The summed E-state index contributed by atoms with van der Waals surface area (Å²) in [5, 5.41) is 8.98. The van der Waals surface area contributed by atoms with Crippen LogP contribution in [0.1, 0.15) is 51.9 Å². The minimum Gasteiger partial charge on any atom is -0.481 e. The molecule has 86 valence electrons. The summed E-state index contributed by atoms with van der Waals surface area (Å²) in [7, 11) is 0. The molecule has 0 spiro atoms. The number of unbranched alkanes of at least 4 members (excludes halogenated alkanes) is 3. The van der Waals surface area contributed by atoms with Gasteiger partial charge in [0.2, 0.25) is 0 Å². The van der Waals surface area contributed by atoms with Crippen LogP contribution in [0.3, 0.4) is 0 Å². The molecule has 0 unspecified atom stereocenters. The van der Waals surface area contributed by atoms with Crippen molar-refractivity contribution in [1.82, 2.24) is 0 Å². The van der Waals surface area contributed by atoms with E-state index in [1.54, 1.807) is 0 Å². The van der Waals surface area contributed by atoms with Crippen molar-refractivity contribution in [3.05, 3.63) is 12.7 Å². The zero-order valence-corrected chi connectivity index (χ0v) is 9.67. The number of carboxylic acid groups (broad SMARTS) is 1. The Bertz CT molecular complexity index is 235. The van der Waals surface area contributed by atoms with Gasteiger partial charge in [-0.2, -0.15) is 0 Å². The molecule has 0 bridgehead atoms. The number of carboxylic acids is 1. The Morgan fingerprint density at radius 2 is 2.27 bits per heavy atom. The van der Waals surface area contributed by atoms with Crippen molar-refractivity contribution in [2.75, 3.05) is 0 Å². The summed E-state index contributed by atoms with van der Waals surface area (Å²) in [6.07, 6.45) is 9.58. The maximum Gasteiger partial charge on any atom is 0.307 e. The third-order valence-electron chi connectivity index (χ3n) is 3.57. The Balaban J connectivity index is 2.33. The van der Waals surface area contributed by atoms with Crippen LogP contribution in [-0.2, 0) is 4.79 Å². The second-order valence-corrected chi connectivity index (χ2v) is 4.76. The van der Waals surface area contributed by atoms with E-state index in [2.05, 4.69) is 13.5 Å². The monoisotopic (exact) mass is 210 g/mol. The minimum absolute atomic E-state index is 0.0708. The zero-order valence-electron chi connectivity index (χ0n) is 9.67. The van der Waals surface area contributed by atoms with E-state index in [0.717, 1.165) is 19.3 Å². The Labute approximate surface area is 92.4 Å². The Hall–Kier alpha value is -0.790. The fraction of sp³-hybridized carbons (Fsp3) is 0.769. The van der Waals surface area contributed by atoms with Crippen LogP contribution in [0, 0.1) is 11.3 Å². The highest BCUT2D eigenvalue weighted by atomic mass is 16.4. The molecule has 0 saturated heterocycles. The van der Waals surface area contributed by atoms with Crippen LogP contribution in [0.5, 0.6) is 0 Å². The lowest BCUT2D eigenvalue weighted by atomic mass is 9.92. The Morgan fingerprint density at radius 1 is 1.53 bits per heavy atom. The molecule has 0 aliphatic heterocycles. The van der Waals surface area contributed by atoms with Gasteiger partial charge < -0.3 is 5.11 Å². The van der Waals surface area contributed by atoms with Crippen LogP contribution in [0.2, 0.25) is 0 Å². The van der Waals surface area contributed by atoms with Gasteiger partial charge in [0, 0.05) is 0 Å². The van der Waals surface area contributed by atoms with Gasteiger partial charge in [-0.3, -0.25) is 4.79 Å². The van der Waals surface area contributed by atoms with Gasteiger partial charge in [-0.05, 0) is 24.7 Å². The SMILES string of the molecule is C=CC[C@]1(CCCCCC)C[C@@H]1C(=O)O. The van der Waals surface area contributed by atoms with Gasteiger partial charge >= 0.3 is 5.97 Å². The highest BCUT2D eigenvalue weighted by molar-refractivity contribution is 5.74. The third kappa shape index (κ3) is 3.08. The fourth-order valence-electron chi connectivity index (χ4n) is 2.49. The Morgan fingerprint density at radius 3 is 2.73 bits per heavy atom. The van der Waals surface area contributed by atoms with E-state index in [-0.39, 0.29) is 11.3 Å². The van der Waals surface area contributed by atoms with Crippen molar-refractivity contribution in [3.63, 3.8) is 0 Å². The molecular weight excluding hydrogens is 188 g/mol. The molecule has 1 fully saturated rings. The maximum absolute atomic E-state index is 10.9. The average molecular weight is 210 g/mol. The number of allylic oxidation sites excluding steroid dienone is 1. The van der Waals surface area contributed by atoms with Crippen LogP contribution in [0.4, 0.5) is 0 Å². The molecule has 2 nitrogen and oxygen atoms in total. The first-order valence-electron chi connectivity index (χ1n) is 6.00. The van der Waals surface area contributed by atoms with Gasteiger partial charge in [0.25, 0.3) is 0 Å². The van der Waals surface area contributed by atoms with E-state index in [0.29, 0.717) is 0 Å². The van der Waals surface area contributed by atoms with E-state index in [4.69, 9.17) is 5.11 Å². The van der Waals surface area contributed by atoms with Crippen molar-refractivity contribution in [2.45, 2.75) is 51.9 Å². The molecule has 0 radical (unpaired) electrons. The number of rotatable bonds is 8. The normalized spacial score (nSPS) is 28.7. The second kappa shape index (κ2) is 5.34. The van der Waals surface area contributed by atoms with E-state index in [1.807, 2.05) is 6.08 Å². The quantitative estimate of drug-likeness (QED) is 0.490. The lowest BCUT2D eigenvalue weighted by Crippen LogP contribution is -2.10. The van der Waals surface area contributed by atoms with Crippen molar-refractivity contribution >= 4 is 5.97 Å². The topological polar surface area (TPSA) is 37.3 Å². The zero-order chi connectivity index (χ0) is 11.3. The third-order valence-corrected chi connectivity index (χ3v) is 3.57. The first kappa shape index (κ1) is 12.3. The van der Waals surface area contributed by atoms with Crippen molar-refractivity contribution in [1.29, 1.82) is 0 Å². The minimum atomic E-state index is -0.618. The molecule has 1 N–H and O–H groups in total. The van der Waals surface area contributed by atoms with Gasteiger partial charge in [-0.15, -0.1) is 6.58 Å². The van der Waals surface area contributed by atoms with Gasteiger partial charge in [-0.25, -0.2) is 0 Å². The fourth-order valence-corrected chi connectivity index (χ4v) is 2.49. The largest absolute Gasteiger partial charge is 0.481 e. The molecule has 0 heterocycles. The number of hydrogen-bond donors (Lipinski definition) is 1. The molecule has 1 saturated carbocycles. The van der Waals surface area contributed by atoms with Crippen LogP contribution >= 0.6 is 0 Å². The Kier molecular flexibility index (Phi) is 4.37. The standard InChI is InChI=1S/C13H22O2/c1-3-5-6-7-9-13(8-4-2)10-11(13)12(14)15/h4,11H,2-3,5-10H2,1H3,(H,14,15)/t11-,13+/m1/s1. The molecule has 0 amide bonds. The summed E-state index contributed by atoms with van der Waals surface area (Å²) in [5.74, 6) is -0.718. The van der Waals surface area contributed by atoms with E-state index >= 15 is 0 Å². The predicted molar refractivity (Wildman–Crippen MR) is 61.7 cm³/mol. The molecule has 15 heavy (non-hydrogen) atoms. The summed E-state index contributed by atoms with van der Waals surface area (Å²) in [6.45, 7) is 5.92. The first-order chi connectivity index (χ1) is 7.16. The number of hydrogen-bond acceptors (Lipinski definition) is 1. The molecule has 0 aromatic heterocycles. The molecule has 1 rings (SSSR count). The van der Waals surface area contributed by atoms with Gasteiger partial charge in [0.1, 0.15) is 0 Å². The molecule has 0 aromatic carbocycles.